The average molecular weight is 205 g/mol. The van der Waals surface area contributed by atoms with Gasteiger partial charge in [-0.1, -0.05) is 0 Å². The van der Waals surface area contributed by atoms with Gasteiger partial charge in [-0.15, -0.1) is 12.4 Å². The van der Waals surface area contributed by atoms with Crippen molar-refractivity contribution in [2.24, 2.45) is 5.41 Å². The summed E-state index contributed by atoms with van der Waals surface area (Å²) >= 11 is 0. The van der Waals surface area contributed by atoms with E-state index in [0.29, 0.717) is 12.1 Å². The van der Waals surface area contributed by atoms with Crippen molar-refractivity contribution in [2.45, 2.75) is 38.8 Å². The third-order valence-electron chi connectivity index (χ3n) is 3.14. The predicted octanol–water partition coefficient (Wildman–Crippen LogP) is 0.685. The third kappa shape index (κ3) is 1.55. The van der Waals surface area contributed by atoms with Crippen molar-refractivity contribution in [1.82, 2.24) is 10.6 Å². The van der Waals surface area contributed by atoms with Gasteiger partial charge in [-0.3, -0.25) is 4.79 Å². The molecule has 13 heavy (non-hydrogen) atoms. The molecule has 0 spiro atoms. The summed E-state index contributed by atoms with van der Waals surface area (Å²) in [5, 5.41) is 6.46. The van der Waals surface area contributed by atoms with Crippen LogP contribution in [-0.2, 0) is 4.79 Å². The van der Waals surface area contributed by atoms with Gasteiger partial charge < -0.3 is 10.6 Å². The second-order valence-corrected chi connectivity index (χ2v) is 4.38. The molecule has 2 N–H and O–H groups in total. The number of hydrogen-bond acceptors (Lipinski definition) is 2. The Bertz CT molecular complexity index is 218. The van der Waals surface area contributed by atoms with Crippen molar-refractivity contribution in [3.8, 4) is 0 Å². The van der Waals surface area contributed by atoms with Gasteiger partial charge in [-0.25, -0.2) is 0 Å². The van der Waals surface area contributed by atoms with Crippen LogP contribution in [0.4, 0.5) is 0 Å². The van der Waals surface area contributed by atoms with E-state index in [9.17, 15) is 4.79 Å². The first-order chi connectivity index (χ1) is 5.62. The molecule has 0 aliphatic carbocycles. The first kappa shape index (κ1) is 10.8. The van der Waals surface area contributed by atoms with Crippen molar-refractivity contribution in [1.29, 1.82) is 0 Å². The van der Waals surface area contributed by atoms with Gasteiger partial charge in [0, 0.05) is 12.1 Å². The number of carbonyl (C=O) groups excluding carboxylic acids is 1. The summed E-state index contributed by atoms with van der Waals surface area (Å²) in [4.78, 5) is 11.5. The van der Waals surface area contributed by atoms with E-state index in [1.165, 1.54) is 6.42 Å². The fourth-order valence-corrected chi connectivity index (χ4v) is 2.30. The van der Waals surface area contributed by atoms with E-state index >= 15 is 0 Å². The Morgan fingerprint density at radius 2 is 2.15 bits per heavy atom. The molecule has 2 heterocycles. The summed E-state index contributed by atoms with van der Waals surface area (Å²) in [5.41, 5.74) is -0.217. The van der Waals surface area contributed by atoms with Crippen LogP contribution in [0.1, 0.15) is 26.7 Å². The third-order valence-corrected chi connectivity index (χ3v) is 3.14. The molecule has 4 heteroatoms. The highest BCUT2D eigenvalue weighted by molar-refractivity contribution is 5.86. The van der Waals surface area contributed by atoms with Gasteiger partial charge in [0.2, 0.25) is 5.91 Å². The van der Waals surface area contributed by atoms with Crippen molar-refractivity contribution < 1.29 is 4.79 Å². The first-order valence-corrected chi connectivity index (χ1v) is 4.67. The lowest BCUT2D eigenvalue weighted by Crippen LogP contribution is -2.50. The maximum absolute atomic E-state index is 11.5. The van der Waals surface area contributed by atoms with Gasteiger partial charge in [0.15, 0.2) is 0 Å². The SMILES string of the molecule is CC1(C)C(=O)NC2CCCNC21.Cl. The zero-order chi connectivity index (χ0) is 8.77. The van der Waals surface area contributed by atoms with Crippen LogP contribution in [0.3, 0.4) is 0 Å². The van der Waals surface area contributed by atoms with Crippen molar-refractivity contribution in [3.05, 3.63) is 0 Å². The lowest BCUT2D eigenvalue weighted by Gasteiger charge is -2.32. The second kappa shape index (κ2) is 3.46. The van der Waals surface area contributed by atoms with E-state index in [-0.39, 0.29) is 23.7 Å². The highest BCUT2D eigenvalue weighted by Crippen LogP contribution is 2.32. The van der Waals surface area contributed by atoms with Gasteiger partial charge >= 0.3 is 0 Å². The number of carbonyl (C=O) groups is 1. The molecular formula is C9H17ClN2O. The molecule has 76 valence electrons. The largest absolute Gasteiger partial charge is 0.351 e. The minimum atomic E-state index is -0.217. The molecule has 0 radical (unpaired) electrons. The van der Waals surface area contributed by atoms with Crippen LogP contribution in [0, 0.1) is 5.41 Å². The number of fused-ring (bicyclic) bond motifs is 1. The molecule has 0 saturated carbocycles. The van der Waals surface area contributed by atoms with Crippen LogP contribution in [0.5, 0.6) is 0 Å². The maximum Gasteiger partial charge on any atom is 0.227 e. The van der Waals surface area contributed by atoms with E-state index in [2.05, 4.69) is 10.6 Å². The summed E-state index contributed by atoms with van der Waals surface area (Å²) in [5.74, 6) is 0.201. The smallest absolute Gasteiger partial charge is 0.227 e. The van der Waals surface area contributed by atoms with E-state index in [4.69, 9.17) is 0 Å². The standard InChI is InChI=1S/C9H16N2O.ClH/c1-9(2)7-6(11-8(9)12)4-3-5-10-7;/h6-7,10H,3-5H2,1-2H3,(H,11,12);1H. The topological polar surface area (TPSA) is 41.1 Å². The Morgan fingerprint density at radius 1 is 1.46 bits per heavy atom. The van der Waals surface area contributed by atoms with Crippen molar-refractivity contribution >= 4 is 18.3 Å². The van der Waals surface area contributed by atoms with Crippen molar-refractivity contribution in [2.75, 3.05) is 6.54 Å². The maximum atomic E-state index is 11.5. The summed E-state index contributed by atoms with van der Waals surface area (Å²) in [6.07, 6.45) is 2.31. The van der Waals surface area contributed by atoms with Gasteiger partial charge in [0.1, 0.15) is 0 Å². The van der Waals surface area contributed by atoms with Crippen molar-refractivity contribution in [3.63, 3.8) is 0 Å². The minimum Gasteiger partial charge on any atom is -0.351 e. The molecule has 2 saturated heterocycles. The number of piperidine rings is 1. The monoisotopic (exact) mass is 204 g/mol. The zero-order valence-corrected chi connectivity index (χ0v) is 8.91. The molecule has 0 aromatic heterocycles. The minimum absolute atomic E-state index is 0. The Morgan fingerprint density at radius 3 is 2.77 bits per heavy atom. The number of rotatable bonds is 0. The number of nitrogens with one attached hydrogen (secondary N) is 2. The number of amides is 1. The second-order valence-electron chi connectivity index (χ2n) is 4.38. The van der Waals surface area contributed by atoms with E-state index in [1.807, 2.05) is 13.8 Å². The molecular weight excluding hydrogens is 188 g/mol. The van der Waals surface area contributed by atoms with Crippen LogP contribution in [0.25, 0.3) is 0 Å². The Hall–Kier alpha value is -0.280. The molecule has 0 bridgehead atoms. The quantitative estimate of drug-likeness (QED) is 0.610. The highest BCUT2D eigenvalue weighted by atomic mass is 35.5. The summed E-state index contributed by atoms with van der Waals surface area (Å²) in [6.45, 7) is 5.09. The van der Waals surface area contributed by atoms with E-state index in [0.717, 1.165) is 13.0 Å². The molecule has 2 fully saturated rings. The highest BCUT2D eigenvalue weighted by Gasteiger charge is 2.48. The number of halogens is 1. The van der Waals surface area contributed by atoms with Gasteiger partial charge in [-0.2, -0.15) is 0 Å². The fourth-order valence-electron chi connectivity index (χ4n) is 2.30. The molecule has 3 nitrogen and oxygen atoms in total. The average Bonchev–Trinajstić information content (AvgIpc) is 2.25. The van der Waals surface area contributed by atoms with Gasteiger partial charge in [0.25, 0.3) is 0 Å². The normalized spacial score (nSPS) is 36.0. The summed E-state index contributed by atoms with van der Waals surface area (Å²) < 4.78 is 0. The molecule has 2 unspecified atom stereocenters. The lowest BCUT2D eigenvalue weighted by atomic mass is 9.81. The van der Waals surface area contributed by atoms with Crippen LogP contribution in [0.2, 0.25) is 0 Å². The molecule has 0 aromatic rings. The molecule has 2 atom stereocenters. The summed E-state index contributed by atoms with van der Waals surface area (Å²) in [7, 11) is 0. The fraction of sp³-hybridized carbons (Fsp3) is 0.889. The zero-order valence-electron chi connectivity index (χ0n) is 8.09. The molecule has 2 aliphatic rings. The molecule has 0 aromatic carbocycles. The summed E-state index contributed by atoms with van der Waals surface area (Å²) in [6, 6.07) is 0.722. The van der Waals surface area contributed by atoms with Crippen LogP contribution in [-0.4, -0.2) is 24.5 Å². The predicted molar refractivity (Wildman–Crippen MR) is 54.0 cm³/mol. The van der Waals surface area contributed by atoms with Crippen LogP contribution < -0.4 is 10.6 Å². The van der Waals surface area contributed by atoms with Gasteiger partial charge in [0.05, 0.1) is 5.41 Å². The molecule has 2 aliphatic heterocycles. The van der Waals surface area contributed by atoms with E-state index < -0.39 is 0 Å². The van der Waals surface area contributed by atoms with Crippen LogP contribution >= 0.6 is 12.4 Å². The van der Waals surface area contributed by atoms with Gasteiger partial charge in [-0.05, 0) is 33.2 Å². The Kier molecular flexibility index (Phi) is 2.88. The first-order valence-electron chi connectivity index (χ1n) is 4.67. The number of hydrogen-bond donors (Lipinski definition) is 2. The lowest BCUT2D eigenvalue weighted by molar-refractivity contribution is -0.126. The Balaban J connectivity index is 0.000000845. The molecule has 2 rings (SSSR count). The molecule has 1 amide bonds. The Labute approximate surface area is 85.1 Å². The van der Waals surface area contributed by atoms with Crippen LogP contribution in [0.15, 0.2) is 0 Å². The van der Waals surface area contributed by atoms with E-state index in [1.54, 1.807) is 0 Å².